The topological polar surface area (TPSA) is 67.9 Å². The summed E-state index contributed by atoms with van der Waals surface area (Å²) in [6, 6.07) is 16.3. The van der Waals surface area contributed by atoms with Crippen molar-refractivity contribution in [1.29, 1.82) is 0 Å². The number of benzene rings is 2. The van der Waals surface area contributed by atoms with Crippen LogP contribution in [0.4, 0.5) is 9.59 Å². The van der Waals surface area contributed by atoms with Crippen LogP contribution in [0.25, 0.3) is 11.1 Å². The number of alkyl carbamates (subject to hydrolysis) is 1. The van der Waals surface area contributed by atoms with E-state index in [2.05, 4.69) is 17.4 Å². The number of fused-ring (bicyclic) bond motifs is 3. The van der Waals surface area contributed by atoms with E-state index in [0.29, 0.717) is 0 Å². The third-order valence-corrected chi connectivity index (χ3v) is 6.25. The van der Waals surface area contributed by atoms with E-state index in [1.807, 2.05) is 57.2 Å². The summed E-state index contributed by atoms with van der Waals surface area (Å²) in [5.74, 6) is 0. The predicted octanol–water partition coefficient (Wildman–Crippen LogP) is 5.66. The van der Waals surface area contributed by atoms with Crippen molar-refractivity contribution >= 4 is 12.2 Å². The number of nitrogens with one attached hydrogen (secondary N) is 1. The van der Waals surface area contributed by atoms with Gasteiger partial charge in [0.15, 0.2) is 6.10 Å². The van der Waals surface area contributed by atoms with Crippen LogP contribution in [0, 0.1) is 0 Å². The molecule has 0 atom stereocenters. The van der Waals surface area contributed by atoms with Gasteiger partial charge in [0, 0.05) is 30.3 Å². The van der Waals surface area contributed by atoms with Gasteiger partial charge in [-0.3, -0.25) is 0 Å². The van der Waals surface area contributed by atoms with Crippen LogP contribution >= 0.6 is 0 Å². The van der Waals surface area contributed by atoms with Crippen LogP contribution in [0.5, 0.6) is 0 Å². The molecule has 2 aromatic carbocycles. The predicted molar refractivity (Wildman–Crippen MR) is 123 cm³/mol. The lowest BCUT2D eigenvalue weighted by atomic mass is 9.90. The molecule has 170 valence electrons. The molecule has 2 aromatic rings. The van der Waals surface area contributed by atoms with E-state index < -0.39 is 5.60 Å². The number of hydrogen-bond donors (Lipinski definition) is 1. The van der Waals surface area contributed by atoms with Gasteiger partial charge in [0.1, 0.15) is 5.60 Å². The maximum Gasteiger partial charge on any atom is 0.410 e. The van der Waals surface area contributed by atoms with Crippen molar-refractivity contribution in [2.24, 2.45) is 0 Å². The molecule has 0 bridgehead atoms. The zero-order valence-corrected chi connectivity index (χ0v) is 19.3. The van der Waals surface area contributed by atoms with Crippen LogP contribution in [-0.2, 0) is 9.47 Å². The first kappa shape index (κ1) is 22.2. The lowest BCUT2D eigenvalue weighted by Gasteiger charge is -2.35. The molecule has 0 aliphatic heterocycles. The Morgan fingerprint density at radius 1 is 0.906 bits per heavy atom. The summed E-state index contributed by atoms with van der Waals surface area (Å²) in [7, 11) is 1.81. The second-order valence-electron chi connectivity index (χ2n) is 9.70. The Bertz CT molecular complexity index is 944. The summed E-state index contributed by atoms with van der Waals surface area (Å²) < 4.78 is 11.4. The Hall–Kier alpha value is -3.02. The highest BCUT2D eigenvalue weighted by molar-refractivity contribution is 5.79. The van der Waals surface area contributed by atoms with E-state index in [4.69, 9.17) is 9.47 Å². The number of nitrogens with zero attached hydrogens (tertiary/aromatic N) is 1. The van der Waals surface area contributed by atoms with Crippen LogP contribution in [-0.4, -0.2) is 41.8 Å². The highest BCUT2D eigenvalue weighted by Crippen LogP contribution is 2.45. The second kappa shape index (κ2) is 8.85. The molecule has 6 nitrogen and oxygen atoms in total. The van der Waals surface area contributed by atoms with Crippen LogP contribution in [0.1, 0.15) is 63.7 Å². The van der Waals surface area contributed by atoms with Crippen molar-refractivity contribution < 1.29 is 19.1 Å². The van der Waals surface area contributed by atoms with Crippen molar-refractivity contribution in [3.8, 4) is 11.1 Å². The number of amides is 2. The first-order chi connectivity index (χ1) is 15.2. The third-order valence-electron chi connectivity index (χ3n) is 6.25. The lowest BCUT2D eigenvalue weighted by molar-refractivity contribution is 0.0458. The average molecular weight is 437 g/mol. The molecule has 1 fully saturated rings. The fraction of sp³-hybridized carbons (Fsp3) is 0.462. The SMILES string of the molecule is CN(C(=O)OC1c2ccccc2-c2ccccc21)C1CCC(NC(=O)OC(C)(C)C)CC1. The number of hydrogen-bond acceptors (Lipinski definition) is 4. The average Bonchev–Trinajstić information content (AvgIpc) is 3.06. The van der Waals surface area contributed by atoms with Crippen molar-refractivity contribution in [1.82, 2.24) is 10.2 Å². The fourth-order valence-electron chi connectivity index (χ4n) is 4.65. The monoisotopic (exact) mass is 436 g/mol. The summed E-state index contributed by atoms with van der Waals surface area (Å²) in [5.41, 5.74) is 3.79. The van der Waals surface area contributed by atoms with Crippen LogP contribution in [0.15, 0.2) is 48.5 Å². The summed E-state index contributed by atoms with van der Waals surface area (Å²) in [5, 5.41) is 2.95. The Morgan fingerprint density at radius 2 is 1.44 bits per heavy atom. The molecule has 4 rings (SSSR count). The zero-order valence-electron chi connectivity index (χ0n) is 19.3. The minimum Gasteiger partial charge on any atom is -0.444 e. The highest BCUT2D eigenvalue weighted by Gasteiger charge is 2.34. The third kappa shape index (κ3) is 4.74. The molecule has 1 saturated carbocycles. The van der Waals surface area contributed by atoms with Gasteiger partial charge in [-0.1, -0.05) is 48.5 Å². The van der Waals surface area contributed by atoms with Gasteiger partial charge < -0.3 is 19.7 Å². The second-order valence-corrected chi connectivity index (χ2v) is 9.70. The number of ether oxygens (including phenoxy) is 2. The molecule has 32 heavy (non-hydrogen) atoms. The zero-order chi connectivity index (χ0) is 22.9. The van der Waals surface area contributed by atoms with Crippen molar-refractivity contribution in [2.75, 3.05) is 7.05 Å². The molecule has 1 N–H and O–H groups in total. The molecule has 6 heteroatoms. The molecule has 0 aromatic heterocycles. The van der Waals surface area contributed by atoms with Gasteiger partial charge in [0.25, 0.3) is 0 Å². The molecule has 0 heterocycles. The number of carbonyl (C=O) groups excluding carboxylic acids is 2. The summed E-state index contributed by atoms with van der Waals surface area (Å²) in [4.78, 5) is 26.8. The minimum atomic E-state index is -0.511. The minimum absolute atomic E-state index is 0.0686. The van der Waals surface area contributed by atoms with E-state index in [1.54, 1.807) is 11.9 Å². The Balaban J connectivity index is 1.35. The number of carbonyl (C=O) groups is 2. The summed E-state index contributed by atoms with van der Waals surface area (Å²) in [6.45, 7) is 5.56. The van der Waals surface area contributed by atoms with Crippen molar-refractivity contribution in [3.05, 3.63) is 59.7 Å². The maximum atomic E-state index is 13.0. The summed E-state index contributed by atoms with van der Waals surface area (Å²) >= 11 is 0. The molecule has 0 spiro atoms. The van der Waals surface area contributed by atoms with Gasteiger partial charge in [0.05, 0.1) is 0 Å². The highest BCUT2D eigenvalue weighted by atomic mass is 16.6. The maximum absolute atomic E-state index is 13.0. The number of rotatable bonds is 3. The largest absolute Gasteiger partial charge is 0.444 e. The fourth-order valence-corrected chi connectivity index (χ4v) is 4.65. The Labute approximate surface area is 189 Å². The molecule has 0 radical (unpaired) electrons. The molecule has 2 aliphatic carbocycles. The Morgan fingerprint density at radius 3 is 1.97 bits per heavy atom. The van der Waals surface area contributed by atoms with Gasteiger partial charge in [0.2, 0.25) is 0 Å². The molecule has 2 aliphatic rings. The van der Waals surface area contributed by atoms with Crippen molar-refractivity contribution in [2.45, 2.75) is 70.2 Å². The lowest BCUT2D eigenvalue weighted by Crippen LogP contribution is -2.46. The van der Waals surface area contributed by atoms with Gasteiger partial charge in [-0.25, -0.2) is 9.59 Å². The van der Waals surface area contributed by atoms with E-state index >= 15 is 0 Å². The molecule has 2 amide bonds. The van der Waals surface area contributed by atoms with Gasteiger partial charge in [-0.2, -0.15) is 0 Å². The van der Waals surface area contributed by atoms with E-state index in [9.17, 15) is 9.59 Å². The van der Waals surface area contributed by atoms with Gasteiger partial charge >= 0.3 is 12.2 Å². The summed E-state index contributed by atoms with van der Waals surface area (Å²) in [6.07, 6.45) is 2.14. The van der Waals surface area contributed by atoms with Crippen molar-refractivity contribution in [3.63, 3.8) is 0 Å². The molecular formula is C26H32N2O4. The molecule has 0 unspecified atom stereocenters. The van der Waals surface area contributed by atoms with Crippen LogP contribution < -0.4 is 5.32 Å². The first-order valence-corrected chi connectivity index (χ1v) is 11.3. The van der Waals surface area contributed by atoms with Crippen LogP contribution in [0.3, 0.4) is 0 Å². The molecule has 0 saturated heterocycles. The van der Waals surface area contributed by atoms with E-state index in [1.165, 1.54) is 0 Å². The van der Waals surface area contributed by atoms with Crippen LogP contribution in [0.2, 0.25) is 0 Å². The van der Waals surface area contributed by atoms with Gasteiger partial charge in [-0.15, -0.1) is 0 Å². The van der Waals surface area contributed by atoms with E-state index in [-0.39, 0.29) is 30.4 Å². The Kier molecular flexibility index (Phi) is 6.13. The normalized spacial score (nSPS) is 20.1. The van der Waals surface area contributed by atoms with Gasteiger partial charge in [-0.05, 0) is 57.6 Å². The standard InChI is InChI=1S/C26H32N2O4/c1-26(2,3)32-24(29)27-17-13-15-18(16-14-17)28(4)25(30)31-23-21-11-7-5-9-19(21)20-10-6-8-12-22(20)23/h5-12,17-18,23H,13-16H2,1-4H3,(H,27,29). The molecular weight excluding hydrogens is 404 g/mol. The quantitative estimate of drug-likeness (QED) is 0.674. The smallest absolute Gasteiger partial charge is 0.410 e. The van der Waals surface area contributed by atoms with E-state index in [0.717, 1.165) is 47.9 Å². The first-order valence-electron chi connectivity index (χ1n) is 11.3.